The Morgan fingerprint density at radius 3 is 2.48 bits per heavy atom. The van der Waals surface area contributed by atoms with Crippen LogP contribution in [-0.4, -0.2) is 41.8 Å². The van der Waals surface area contributed by atoms with Gasteiger partial charge in [-0.25, -0.2) is 4.98 Å². The lowest BCUT2D eigenvalue weighted by Crippen LogP contribution is -2.36. The Labute approximate surface area is 202 Å². The molecule has 1 heterocycles. The van der Waals surface area contributed by atoms with Gasteiger partial charge in [-0.2, -0.15) is 4.98 Å². The normalized spacial score (nSPS) is 18.0. The maximum absolute atomic E-state index is 5.54. The first kappa shape index (κ1) is 23.2. The molecule has 0 spiro atoms. The summed E-state index contributed by atoms with van der Waals surface area (Å²) in [5, 5.41) is 12.2. The molecule has 0 radical (unpaired) electrons. The first-order valence-electron chi connectivity index (χ1n) is 11.9. The molecule has 2 aromatic carbocycles. The van der Waals surface area contributed by atoms with Crippen molar-refractivity contribution in [1.29, 1.82) is 0 Å². The number of aromatic nitrogens is 2. The zero-order valence-electron chi connectivity index (χ0n) is 19.8. The lowest BCUT2D eigenvalue weighted by atomic mass is 9.86. The second kappa shape index (κ2) is 10.8. The van der Waals surface area contributed by atoms with Crippen molar-refractivity contribution in [2.75, 3.05) is 36.2 Å². The first-order valence-corrected chi connectivity index (χ1v) is 12.3. The molecule has 1 saturated carbocycles. The molecule has 4 rings (SSSR count). The molecular formula is C26H34N6S. The van der Waals surface area contributed by atoms with E-state index in [9.17, 15) is 0 Å². The molecule has 174 valence electrons. The largest absolute Gasteiger partial charge is 0.362 e. The van der Waals surface area contributed by atoms with Crippen LogP contribution in [0, 0.1) is 5.92 Å². The smallest absolute Gasteiger partial charge is 0.225 e. The fourth-order valence-electron chi connectivity index (χ4n) is 4.51. The fourth-order valence-corrected chi connectivity index (χ4v) is 4.71. The summed E-state index contributed by atoms with van der Waals surface area (Å²) >= 11 is 5.54. The van der Waals surface area contributed by atoms with Gasteiger partial charge >= 0.3 is 0 Å². The van der Waals surface area contributed by atoms with E-state index in [1.54, 1.807) is 0 Å². The molecule has 0 amide bonds. The Morgan fingerprint density at radius 1 is 1.00 bits per heavy atom. The number of benzene rings is 2. The minimum atomic E-state index is 0.402. The van der Waals surface area contributed by atoms with Crippen LogP contribution in [0.3, 0.4) is 0 Å². The van der Waals surface area contributed by atoms with Crippen molar-refractivity contribution in [2.45, 2.75) is 45.1 Å². The number of hydrogen-bond acceptors (Lipinski definition) is 5. The van der Waals surface area contributed by atoms with Gasteiger partial charge in [0.05, 0.1) is 5.52 Å². The van der Waals surface area contributed by atoms with Gasteiger partial charge in [-0.1, -0.05) is 37.3 Å². The quantitative estimate of drug-likeness (QED) is 0.416. The predicted molar refractivity (Wildman–Crippen MR) is 143 cm³/mol. The molecule has 6 nitrogen and oxygen atoms in total. The molecule has 0 atom stereocenters. The van der Waals surface area contributed by atoms with Crippen LogP contribution < -0.4 is 20.9 Å². The molecule has 1 aliphatic carbocycles. The van der Waals surface area contributed by atoms with Crippen LogP contribution >= 0.6 is 12.2 Å². The molecule has 3 aromatic rings. The number of thiocarbonyl (C=S) groups is 1. The van der Waals surface area contributed by atoms with Crippen molar-refractivity contribution in [2.24, 2.45) is 5.92 Å². The highest BCUT2D eigenvalue weighted by atomic mass is 32.1. The summed E-state index contributed by atoms with van der Waals surface area (Å²) in [5.74, 6) is 2.30. The number of hydrogen-bond donors (Lipinski definition) is 3. The molecule has 7 heteroatoms. The van der Waals surface area contributed by atoms with Gasteiger partial charge in [0.1, 0.15) is 5.82 Å². The fraction of sp³-hybridized carbons (Fsp3) is 0.423. The summed E-state index contributed by atoms with van der Waals surface area (Å²) in [5.41, 5.74) is 3.35. The molecule has 1 aromatic heterocycles. The maximum atomic E-state index is 5.54. The highest BCUT2D eigenvalue weighted by Crippen LogP contribution is 2.28. The molecule has 0 saturated heterocycles. The summed E-state index contributed by atoms with van der Waals surface area (Å²) in [6.07, 6.45) is 5.52. The standard InChI is InChI=1S/C26H34N6S/c1-4-19-9-5-7-11-22(19)30-26(33)27-17-18-13-15-20(16-14-18)28-25-29-23-12-8-6-10-21(23)24(31-25)32(2)3/h5-12,18,20H,4,13-17H2,1-3H3,(H2,27,30,33)(H,28,29,31)/t18-,20+. The van der Waals surface area contributed by atoms with Gasteiger partial charge in [-0.3, -0.25) is 0 Å². The van der Waals surface area contributed by atoms with Crippen molar-refractivity contribution in [3.8, 4) is 0 Å². The van der Waals surface area contributed by atoms with Crippen molar-refractivity contribution in [3.05, 3.63) is 54.1 Å². The van der Waals surface area contributed by atoms with Gasteiger partial charge in [-0.15, -0.1) is 0 Å². The zero-order valence-corrected chi connectivity index (χ0v) is 20.6. The van der Waals surface area contributed by atoms with Crippen LogP contribution in [0.15, 0.2) is 48.5 Å². The van der Waals surface area contributed by atoms with Crippen LogP contribution in [0.2, 0.25) is 0 Å². The Bertz CT molecular complexity index is 1090. The van der Waals surface area contributed by atoms with E-state index in [-0.39, 0.29) is 0 Å². The minimum absolute atomic E-state index is 0.402. The molecule has 0 unspecified atom stereocenters. The minimum Gasteiger partial charge on any atom is -0.362 e. The summed E-state index contributed by atoms with van der Waals surface area (Å²) in [6, 6.07) is 16.9. The third kappa shape index (κ3) is 5.90. The Kier molecular flexibility index (Phi) is 7.60. The van der Waals surface area contributed by atoms with Crippen LogP contribution in [0.1, 0.15) is 38.2 Å². The van der Waals surface area contributed by atoms with Gasteiger partial charge in [0.15, 0.2) is 5.11 Å². The van der Waals surface area contributed by atoms with E-state index in [2.05, 4.69) is 47.1 Å². The van der Waals surface area contributed by atoms with E-state index in [1.165, 1.54) is 5.56 Å². The zero-order chi connectivity index (χ0) is 23.2. The number of nitrogens with one attached hydrogen (secondary N) is 3. The third-order valence-corrected chi connectivity index (χ3v) is 6.63. The second-order valence-electron chi connectivity index (χ2n) is 8.99. The second-order valence-corrected chi connectivity index (χ2v) is 9.40. The topological polar surface area (TPSA) is 65.1 Å². The van der Waals surface area contributed by atoms with E-state index in [1.807, 2.05) is 43.3 Å². The van der Waals surface area contributed by atoms with Crippen molar-refractivity contribution < 1.29 is 0 Å². The predicted octanol–water partition coefficient (Wildman–Crippen LogP) is 5.22. The average Bonchev–Trinajstić information content (AvgIpc) is 2.83. The van der Waals surface area contributed by atoms with Gasteiger partial charge in [-0.05, 0) is 74.0 Å². The number of para-hydroxylation sites is 2. The third-order valence-electron chi connectivity index (χ3n) is 6.38. The summed E-state index contributed by atoms with van der Waals surface area (Å²) in [7, 11) is 4.05. The van der Waals surface area contributed by atoms with Crippen LogP contribution in [-0.2, 0) is 6.42 Å². The van der Waals surface area contributed by atoms with Gasteiger partial charge in [0, 0.05) is 37.8 Å². The lowest BCUT2D eigenvalue weighted by molar-refractivity contribution is 0.336. The van der Waals surface area contributed by atoms with Gasteiger partial charge < -0.3 is 20.9 Å². The van der Waals surface area contributed by atoms with E-state index in [0.717, 1.165) is 67.0 Å². The molecule has 1 fully saturated rings. The average molecular weight is 463 g/mol. The highest BCUT2D eigenvalue weighted by Gasteiger charge is 2.22. The lowest BCUT2D eigenvalue weighted by Gasteiger charge is -2.30. The maximum Gasteiger partial charge on any atom is 0.225 e. The van der Waals surface area contributed by atoms with E-state index in [0.29, 0.717) is 17.1 Å². The SMILES string of the molecule is CCc1ccccc1NC(=S)NC[C@H]1CC[C@@H](Nc2nc(N(C)C)c3ccccc3n2)CC1. The van der Waals surface area contributed by atoms with Crippen LogP contribution in [0.4, 0.5) is 17.5 Å². The van der Waals surface area contributed by atoms with Crippen molar-refractivity contribution in [3.63, 3.8) is 0 Å². The van der Waals surface area contributed by atoms with Crippen molar-refractivity contribution >= 4 is 45.7 Å². The number of nitrogens with zero attached hydrogens (tertiary/aromatic N) is 3. The molecule has 33 heavy (non-hydrogen) atoms. The Hall–Kier alpha value is -2.93. The molecular weight excluding hydrogens is 428 g/mol. The Morgan fingerprint density at radius 2 is 1.73 bits per heavy atom. The van der Waals surface area contributed by atoms with Crippen LogP contribution in [0.25, 0.3) is 10.9 Å². The number of fused-ring (bicyclic) bond motifs is 1. The Balaban J connectivity index is 1.27. The molecule has 1 aliphatic rings. The van der Waals surface area contributed by atoms with Gasteiger partial charge in [0.25, 0.3) is 0 Å². The highest BCUT2D eigenvalue weighted by molar-refractivity contribution is 7.80. The van der Waals surface area contributed by atoms with Crippen molar-refractivity contribution in [1.82, 2.24) is 15.3 Å². The summed E-state index contributed by atoms with van der Waals surface area (Å²) < 4.78 is 0. The molecule has 0 bridgehead atoms. The van der Waals surface area contributed by atoms with E-state index >= 15 is 0 Å². The number of rotatable bonds is 7. The number of anilines is 3. The first-order chi connectivity index (χ1) is 16.0. The summed E-state index contributed by atoms with van der Waals surface area (Å²) in [6.45, 7) is 3.07. The monoisotopic (exact) mass is 462 g/mol. The van der Waals surface area contributed by atoms with E-state index in [4.69, 9.17) is 22.2 Å². The van der Waals surface area contributed by atoms with Gasteiger partial charge in [0.2, 0.25) is 5.95 Å². The van der Waals surface area contributed by atoms with Crippen LogP contribution in [0.5, 0.6) is 0 Å². The molecule has 0 aliphatic heterocycles. The van der Waals surface area contributed by atoms with E-state index < -0.39 is 0 Å². The summed E-state index contributed by atoms with van der Waals surface area (Å²) in [4.78, 5) is 11.6. The number of aryl methyl sites for hydroxylation is 1. The molecule has 3 N–H and O–H groups in total.